The van der Waals surface area contributed by atoms with Gasteiger partial charge in [0.25, 0.3) is 0 Å². The number of hydrogen-bond donors (Lipinski definition) is 0. The van der Waals surface area contributed by atoms with Crippen molar-refractivity contribution in [3.8, 4) is 5.75 Å². The zero-order valence-corrected chi connectivity index (χ0v) is 10.3. The number of rotatable bonds is 5. The Morgan fingerprint density at radius 2 is 2.30 bits per heavy atom. The number of hydrogen-bond acceptors (Lipinski definition) is 6. The summed E-state index contributed by atoms with van der Waals surface area (Å²) in [6.07, 6.45) is 2.10. The van der Waals surface area contributed by atoms with E-state index in [2.05, 4.69) is 10.1 Å². The van der Waals surface area contributed by atoms with Crippen molar-refractivity contribution in [1.82, 2.24) is 10.1 Å². The Morgan fingerprint density at radius 3 is 2.95 bits per heavy atom. The summed E-state index contributed by atoms with van der Waals surface area (Å²) in [4.78, 5) is 13.8. The molecule has 104 valence electrons. The number of nitro benzene ring substituents is 1. The van der Waals surface area contributed by atoms with Gasteiger partial charge in [-0.1, -0.05) is 5.16 Å². The zero-order valence-electron chi connectivity index (χ0n) is 10.3. The lowest BCUT2D eigenvalue weighted by Crippen LogP contribution is -1.99. The Balaban J connectivity index is 1.65. The summed E-state index contributed by atoms with van der Waals surface area (Å²) < 4.78 is 23.7. The smallest absolute Gasteiger partial charge is 0.305 e. The summed E-state index contributed by atoms with van der Waals surface area (Å²) in [5.41, 5.74) is -0.590. The molecule has 20 heavy (non-hydrogen) atoms. The Hall–Kier alpha value is -2.51. The maximum atomic E-state index is 13.4. The van der Waals surface area contributed by atoms with Gasteiger partial charge in [0.05, 0.1) is 4.92 Å². The molecule has 2 aromatic rings. The third kappa shape index (κ3) is 2.58. The van der Waals surface area contributed by atoms with E-state index in [0.717, 1.165) is 25.0 Å². The maximum Gasteiger partial charge on any atom is 0.305 e. The van der Waals surface area contributed by atoms with Gasteiger partial charge in [-0.3, -0.25) is 10.1 Å². The van der Waals surface area contributed by atoms with Gasteiger partial charge in [-0.15, -0.1) is 0 Å². The van der Waals surface area contributed by atoms with E-state index < -0.39 is 16.4 Å². The molecule has 0 atom stereocenters. The number of nitro groups is 1. The third-order valence-corrected chi connectivity index (χ3v) is 2.89. The lowest BCUT2D eigenvalue weighted by Gasteiger charge is -2.03. The van der Waals surface area contributed by atoms with Crippen molar-refractivity contribution in [2.24, 2.45) is 0 Å². The van der Waals surface area contributed by atoms with Crippen LogP contribution in [0.2, 0.25) is 0 Å². The largest absolute Gasteiger partial charge is 0.485 e. The van der Waals surface area contributed by atoms with Crippen molar-refractivity contribution in [3.05, 3.63) is 45.8 Å². The average molecular weight is 279 g/mol. The van der Waals surface area contributed by atoms with Gasteiger partial charge in [0.1, 0.15) is 5.75 Å². The van der Waals surface area contributed by atoms with E-state index >= 15 is 0 Å². The van der Waals surface area contributed by atoms with Gasteiger partial charge in [0, 0.05) is 18.1 Å². The quantitative estimate of drug-likeness (QED) is 0.617. The van der Waals surface area contributed by atoms with Gasteiger partial charge < -0.3 is 9.26 Å². The van der Waals surface area contributed by atoms with Crippen LogP contribution in [0.25, 0.3) is 0 Å². The van der Waals surface area contributed by atoms with E-state index in [1.807, 2.05) is 0 Å². The second-order valence-corrected chi connectivity index (χ2v) is 4.48. The molecule has 1 fully saturated rings. The molecular weight excluding hydrogens is 269 g/mol. The highest BCUT2D eigenvalue weighted by Gasteiger charge is 2.29. The van der Waals surface area contributed by atoms with Crippen LogP contribution in [-0.4, -0.2) is 15.1 Å². The summed E-state index contributed by atoms with van der Waals surface area (Å²) in [5, 5.41) is 14.2. The highest BCUT2D eigenvalue weighted by molar-refractivity contribution is 5.37. The molecule has 7 nitrogen and oxygen atoms in total. The Bertz CT molecular complexity index is 654. The Morgan fingerprint density at radius 1 is 1.50 bits per heavy atom. The Kier molecular flexibility index (Phi) is 3.05. The van der Waals surface area contributed by atoms with Crippen molar-refractivity contribution in [2.75, 3.05) is 0 Å². The minimum Gasteiger partial charge on any atom is -0.485 e. The fourth-order valence-electron chi connectivity index (χ4n) is 1.70. The number of halogens is 1. The van der Waals surface area contributed by atoms with Gasteiger partial charge in [0.2, 0.25) is 17.5 Å². The normalized spacial score (nSPS) is 14.2. The monoisotopic (exact) mass is 279 g/mol. The predicted octanol–water partition coefficient (Wildman–Crippen LogP) is 2.57. The third-order valence-electron chi connectivity index (χ3n) is 2.89. The first-order valence-corrected chi connectivity index (χ1v) is 6.02. The lowest BCUT2D eigenvalue weighted by atomic mass is 10.3. The van der Waals surface area contributed by atoms with Crippen molar-refractivity contribution in [3.63, 3.8) is 0 Å². The number of aromatic nitrogens is 2. The highest BCUT2D eigenvalue weighted by atomic mass is 19.1. The number of nitrogens with zero attached hydrogens (tertiary/aromatic N) is 3. The molecule has 0 aliphatic heterocycles. The van der Waals surface area contributed by atoms with Crippen LogP contribution < -0.4 is 4.74 Å². The first-order chi connectivity index (χ1) is 9.63. The number of ether oxygens (including phenoxy) is 1. The molecule has 0 bridgehead atoms. The van der Waals surface area contributed by atoms with E-state index in [-0.39, 0.29) is 12.4 Å². The van der Waals surface area contributed by atoms with E-state index in [1.165, 1.54) is 6.07 Å². The first-order valence-electron chi connectivity index (χ1n) is 6.02. The average Bonchev–Trinajstić information content (AvgIpc) is 3.15. The molecule has 0 N–H and O–H groups in total. The fourth-order valence-corrected chi connectivity index (χ4v) is 1.70. The summed E-state index contributed by atoms with van der Waals surface area (Å²) in [7, 11) is 0. The lowest BCUT2D eigenvalue weighted by molar-refractivity contribution is -0.387. The minimum atomic E-state index is -0.945. The van der Waals surface area contributed by atoms with Crippen molar-refractivity contribution in [2.45, 2.75) is 25.4 Å². The van der Waals surface area contributed by atoms with E-state index in [4.69, 9.17) is 9.26 Å². The molecule has 1 aromatic carbocycles. The molecule has 1 aliphatic rings. The van der Waals surface area contributed by atoms with Crippen molar-refractivity contribution in [1.29, 1.82) is 0 Å². The van der Waals surface area contributed by atoms with Crippen LogP contribution in [0, 0.1) is 15.9 Å². The molecule has 0 amide bonds. The molecule has 1 heterocycles. The molecule has 1 aliphatic carbocycles. The van der Waals surface area contributed by atoms with E-state index in [1.54, 1.807) is 0 Å². The summed E-state index contributed by atoms with van der Waals surface area (Å²) in [6, 6.07) is 3.33. The van der Waals surface area contributed by atoms with Gasteiger partial charge in [-0.25, -0.2) is 0 Å². The molecule has 1 aromatic heterocycles. The topological polar surface area (TPSA) is 91.3 Å². The second kappa shape index (κ2) is 4.87. The van der Waals surface area contributed by atoms with Gasteiger partial charge in [0.15, 0.2) is 6.61 Å². The zero-order chi connectivity index (χ0) is 14.1. The van der Waals surface area contributed by atoms with E-state index in [9.17, 15) is 14.5 Å². The predicted molar refractivity (Wildman–Crippen MR) is 63.7 cm³/mol. The van der Waals surface area contributed by atoms with Crippen molar-refractivity contribution < 1.29 is 18.6 Å². The minimum absolute atomic E-state index is 0.0213. The molecule has 1 saturated carbocycles. The maximum absolute atomic E-state index is 13.4. The van der Waals surface area contributed by atoms with Gasteiger partial charge in [-0.05, 0) is 18.9 Å². The Labute approximate surface area is 112 Å². The summed E-state index contributed by atoms with van der Waals surface area (Å²) >= 11 is 0. The SMILES string of the molecule is O=[N+]([O-])c1ccc(OCc2noc(C3CC3)n2)cc1F. The highest BCUT2D eigenvalue weighted by Crippen LogP contribution is 2.38. The van der Waals surface area contributed by atoms with Crippen LogP contribution in [0.1, 0.15) is 30.5 Å². The van der Waals surface area contributed by atoms with Crippen LogP contribution in [-0.2, 0) is 6.61 Å². The van der Waals surface area contributed by atoms with Crippen LogP contribution >= 0.6 is 0 Å². The standard InChI is InChI=1S/C12H10FN3O4/c13-9-5-8(3-4-10(9)16(17)18)19-6-11-14-12(20-15-11)7-1-2-7/h3-5,7H,1-2,6H2. The number of benzene rings is 1. The molecule has 0 spiro atoms. The molecule has 8 heteroatoms. The molecule has 0 unspecified atom stereocenters. The molecule has 0 saturated heterocycles. The second-order valence-electron chi connectivity index (χ2n) is 4.48. The summed E-state index contributed by atoms with van der Waals surface area (Å²) in [5.74, 6) is 0.544. The molecule has 0 radical (unpaired) electrons. The fraction of sp³-hybridized carbons (Fsp3) is 0.333. The summed E-state index contributed by atoms with van der Waals surface area (Å²) in [6.45, 7) is 0.0213. The van der Waals surface area contributed by atoms with Crippen LogP contribution in [0.3, 0.4) is 0 Å². The van der Waals surface area contributed by atoms with Crippen molar-refractivity contribution >= 4 is 5.69 Å². The van der Waals surface area contributed by atoms with Crippen LogP contribution in [0.4, 0.5) is 10.1 Å². The van der Waals surface area contributed by atoms with Gasteiger partial charge >= 0.3 is 5.69 Å². The van der Waals surface area contributed by atoms with Gasteiger partial charge in [-0.2, -0.15) is 9.37 Å². The molecule has 3 rings (SSSR count). The van der Waals surface area contributed by atoms with E-state index in [0.29, 0.717) is 17.6 Å². The first kappa shape index (κ1) is 12.5. The van der Waals surface area contributed by atoms with Crippen LogP contribution in [0.5, 0.6) is 5.75 Å². The van der Waals surface area contributed by atoms with Crippen LogP contribution in [0.15, 0.2) is 22.7 Å². The molecular formula is C12H10FN3O4.